The van der Waals surface area contributed by atoms with Crippen LogP contribution in [-0.2, 0) is 5.88 Å². The lowest BCUT2D eigenvalue weighted by molar-refractivity contribution is 0.540. The third-order valence-corrected chi connectivity index (χ3v) is 4.23. The molecule has 1 unspecified atom stereocenters. The SMILES string of the molecule is CC1(C)CC1n1c(CCl)nc2cc(F)c(Cl)cc21. The Kier molecular flexibility index (Phi) is 2.62. The molecular formula is C13H13Cl2FN2. The summed E-state index contributed by atoms with van der Waals surface area (Å²) in [5.74, 6) is 0.662. The van der Waals surface area contributed by atoms with Crippen LogP contribution in [0.25, 0.3) is 11.0 Å². The standard InChI is InChI=1S/C13H13Cl2FN2/c1-13(2)5-11(13)18-10-3-7(15)8(16)4-9(10)17-12(18)6-14/h3-4,11H,5-6H2,1-2H3. The summed E-state index contributed by atoms with van der Waals surface area (Å²) in [5, 5.41) is 0.128. The molecule has 1 aliphatic carbocycles. The molecular weight excluding hydrogens is 274 g/mol. The minimum Gasteiger partial charge on any atom is -0.323 e. The highest BCUT2D eigenvalue weighted by Gasteiger charge is 2.48. The fraction of sp³-hybridized carbons (Fsp3) is 0.462. The number of aromatic nitrogens is 2. The Balaban J connectivity index is 2.25. The second-order valence-corrected chi connectivity index (χ2v) is 6.17. The highest BCUT2D eigenvalue weighted by atomic mass is 35.5. The van der Waals surface area contributed by atoms with Crippen LogP contribution in [0.1, 0.15) is 32.1 Å². The van der Waals surface area contributed by atoms with Crippen molar-refractivity contribution in [3.63, 3.8) is 0 Å². The van der Waals surface area contributed by atoms with Crippen LogP contribution in [0, 0.1) is 11.2 Å². The molecule has 0 saturated heterocycles. The van der Waals surface area contributed by atoms with Gasteiger partial charge in [0.1, 0.15) is 11.6 Å². The maximum absolute atomic E-state index is 13.4. The summed E-state index contributed by atoms with van der Waals surface area (Å²) >= 11 is 11.8. The van der Waals surface area contributed by atoms with Crippen molar-refractivity contribution in [2.75, 3.05) is 0 Å². The fourth-order valence-corrected chi connectivity index (χ4v) is 2.81. The molecule has 1 atom stereocenters. The molecule has 1 aliphatic rings. The molecule has 5 heteroatoms. The van der Waals surface area contributed by atoms with Gasteiger partial charge in [0.25, 0.3) is 0 Å². The molecule has 2 aromatic rings. The van der Waals surface area contributed by atoms with Gasteiger partial charge in [-0.05, 0) is 17.9 Å². The molecule has 1 saturated carbocycles. The van der Waals surface area contributed by atoms with E-state index in [1.165, 1.54) is 6.07 Å². The Morgan fingerprint density at radius 3 is 2.72 bits per heavy atom. The molecule has 0 N–H and O–H groups in total. The molecule has 2 nitrogen and oxygen atoms in total. The molecule has 3 rings (SSSR count). The van der Waals surface area contributed by atoms with Crippen molar-refractivity contribution < 1.29 is 4.39 Å². The Bertz CT molecular complexity index is 633. The van der Waals surface area contributed by atoms with Crippen molar-refractivity contribution in [2.45, 2.75) is 32.2 Å². The zero-order chi connectivity index (χ0) is 13.1. The van der Waals surface area contributed by atoms with Gasteiger partial charge >= 0.3 is 0 Å². The Labute approximate surface area is 115 Å². The summed E-state index contributed by atoms with van der Waals surface area (Å²) in [6, 6.07) is 3.39. The van der Waals surface area contributed by atoms with E-state index in [2.05, 4.69) is 23.4 Å². The number of imidazole rings is 1. The van der Waals surface area contributed by atoms with Crippen molar-refractivity contribution in [1.29, 1.82) is 0 Å². The van der Waals surface area contributed by atoms with Gasteiger partial charge < -0.3 is 4.57 Å². The average Bonchev–Trinajstić information content (AvgIpc) is 2.78. The third-order valence-electron chi connectivity index (χ3n) is 3.70. The van der Waals surface area contributed by atoms with Crippen LogP contribution in [0.15, 0.2) is 12.1 Å². The number of rotatable bonds is 2. The first-order valence-corrected chi connectivity index (χ1v) is 6.77. The number of halogens is 3. The van der Waals surface area contributed by atoms with Crippen molar-refractivity contribution in [1.82, 2.24) is 9.55 Å². The molecule has 1 aromatic heterocycles. The van der Waals surface area contributed by atoms with Crippen LogP contribution in [0.4, 0.5) is 4.39 Å². The maximum Gasteiger partial charge on any atom is 0.144 e. The van der Waals surface area contributed by atoms with E-state index in [9.17, 15) is 4.39 Å². The summed E-state index contributed by atoms with van der Waals surface area (Å²) in [5.41, 5.74) is 1.73. The van der Waals surface area contributed by atoms with Gasteiger partial charge in [-0.2, -0.15) is 0 Å². The van der Waals surface area contributed by atoms with Crippen molar-refractivity contribution in [2.24, 2.45) is 5.41 Å². The van der Waals surface area contributed by atoms with Gasteiger partial charge in [0.05, 0.1) is 21.9 Å². The lowest BCUT2D eigenvalue weighted by Crippen LogP contribution is -2.04. The molecule has 0 aliphatic heterocycles. The quantitative estimate of drug-likeness (QED) is 0.741. The Morgan fingerprint density at radius 1 is 1.50 bits per heavy atom. The summed E-state index contributed by atoms with van der Waals surface area (Å²) < 4.78 is 15.6. The van der Waals surface area contributed by atoms with Gasteiger partial charge in [0.15, 0.2) is 0 Å². The second-order valence-electron chi connectivity index (χ2n) is 5.50. The molecule has 1 aromatic carbocycles. The van der Waals surface area contributed by atoms with Crippen molar-refractivity contribution in [3.8, 4) is 0 Å². The first-order chi connectivity index (χ1) is 8.44. The van der Waals surface area contributed by atoms with Crippen LogP contribution in [0.5, 0.6) is 0 Å². The third kappa shape index (κ3) is 1.72. The largest absolute Gasteiger partial charge is 0.323 e. The van der Waals surface area contributed by atoms with E-state index in [0.717, 1.165) is 17.8 Å². The zero-order valence-electron chi connectivity index (χ0n) is 10.2. The van der Waals surface area contributed by atoms with Crippen molar-refractivity contribution >= 4 is 34.2 Å². The number of nitrogens with zero attached hydrogens (tertiary/aromatic N) is 2. The summed E-state index contributed by atoms with van der Waals surface area (Å²) in [4.78, 5) is 4.39. The maximum atomic E-state index is 13.4. The first kappa shape index (κ1) is 12.2. The fourth-order valence-electron chi connectivity index (χ4n) is 2.46. The van der Waals surface area contributed by atoms with Gasteiger partial charge in [-0.15, -0.1) is 11.6 Å². The van der Waals surface area contributed by atoms with E-state index >= 15 is 0 Å². The summed E-state index contributed by atoms with van der Waals surface area (Å²) in [6.45, 7) is 4.40. The predicted molar refractivity (Wildman–Crippen MR) is 71.7 cm³/mol. The van der Waals surface area contributed by atoms with E-state index in [1.54, 1.807) is 6.07 Å². The average molecular weight is 287 g/mol. The Morgan fingerprint density at radius 2 is 2.17 bits per heavy atom. The monoisotopic (exact) mass is 286 g/mol. The van der Waals surface area contributed by atoms with Crippen LogP contribution < -0.4 is 0 Å². The van der Waals surface area contributed by atoms with Crippen LogP contribution in [0.2, 0.25) is 5.02 Å². The highest BCUT2D eigenvalue weighted by Crippen LogP contribution is 2.56. The van der Waals surface area contributed by atoms with Crippen molar-refractivity contribution in [3.05, 3.63) is 28.8 Å². The van der Waals surface area contributed by atoms with E-state index in [-0.39, 0.29) is 10.4 Å². The molecule has 1 fully saturated rings. The van der Waals surface area contributed by atoms with Gasteiger partial charge in [-0.3, -0.25) is 0 Å². The van der Waals surface area contributed by atoms with E-state index < -0.39 is 5.82 Å². The molecule has 1 heterocycles. The normalized spacial score (nSPS) is 21.5. The molecule has 96 valence electrons. The molecule has 0 bridgehead atoms. The molecule has 0 spiro atoms. The molecule has 18 heavy (non-hydrogen) atoms. The zero-order valence-corrected chi connectivity index (χ0v) is 11.7. The van der Waals surface area contributed by atoms with E-state index in [1.807, 2.05) is 0 Å². The summed E-state index contributed by atoms with van der Waals surface area (Å²) in [6.07, 6.45) is 1.08. The predicted octanol–water partition coefficient (Wildman–Crippen LogP) is 4.54. The smallest absolute Gasteiger partial charge is 0.144 e. The Hall–Kier alpha value is -0.800. The topological polar surface area (TPSA) is 17.8 Å². The van der Waals surface area contributed by atoms with Crippen LogP contribution in [-0.4, -0.2) is 9.55 Å². The molecule has 0 radical (unpaired) electrons. The number of alkyl halides is 1. The van der Waals surface area contributed by atoms with Gasteiger partial charge in [0, 0.05) is 12.1 Å². The number of benzene rings is 1. The van der Waals surface area contributed by atoms with Gasteiger partial charge in [-0.1, -0.05) is 25.4 Å². The first-order valence-electron chi connectivity index (χ1n) is 5.86. The number of fused-ring (bicyclic) bond motifs is 1. The van der Waals surface area contributed by atoms with Gasteiger partial charge in [-0.25, -0.2) is 9.37 Å². The van der Waals surface area contributed by atoms with Crippen LogP contribution >= 0.6 is 23.2 Å². The lowest BCUT2D eigenvalue weighted by Gasteiger charge is -2.09. The minimum atomic E-state index is -0.440. The number of hydrogen-bond acceptors (Lipinski definition) is 1. The second kappa shape index (κ2) is 3.84. The van der Waals surface area contributed by atoms with E-state index in [0.29, 0.717) is 17.4 Å². The minimum absolute atomic E-state index is 0.128. The number of hydrogen-bond donors (Lipinski definition) is 0. The van der Waals surface area contributed by atoms with Crippen LogP contribution in [0.3, 0.4) is 0 Å². The highest BCUT2D eigenvalue weighted by molar-refractivity contribution is 6.31. The lowest BCUT2D eigenvalue weighted by atomic mass is 10.2. The van der Waals surface area contributed by atoms with E-state index in [4.69, 9.17) is 23.2 Å². The summed E-state index contributed by atoms with van der Waals surface area (Å²) in [7, 11) is 0. The molecule has 0 amide bonds. The van der Waals surface area contributed by atoms with Gasteiger partial charge in [0.2, 0.25) is 0 Å².